The molecular formula is C41H55N3O4. The number of ether oxygens (including phenoxy) is 3. The number of nitrogens with one attached hydrogen (secondary N) is 1. The van der Waals surface area contributed by atoms with Crippen LogP contribution < -0.4 is 15.0 Å². The van der Waals surface area contributed by atoms with E-state index in [0.29, 0.717) is 31.7 Å². The summed E-state index contributed by atoms with van der Waals surface area (Å²) in [5, 5.41) is 3.58. The van der Waals surface area contributed by atoms with Crippen molar-refractivity contribution in [2.45, 2.75) is 71.9 Å². The zero-order valence-electron chi connectivity index (χ0n) is 29.5. The Balaban J connectivity index is 1.30. The van der Waals surface area contributed by atoms with Crippen LogP contribution in [0.4, 0.5) is 11.4 Å². The number of benzene rings is 3. The number of unbranched alkanes of at least 4 members (excludes halogenated alkanes) is 1. The molecule has 2 aliphatic rings. The molecule has 0 aliphatic carbocycles. The second-order valence-corrected chi connectivity index (χ2v) is 13.6. The highest BCUT2D eigenvalue weighted by Gasteiger charge is 2.23. The van der Waals surface area contributed by atoms with Crippen molar-refractivity contribution in [2.75, 3.05) is 63.4 Å². The fourth-order valence-electron chi connectivity index (χ4n) is 6.43. The topological polar surface area (TPSA) is 63.3 Å². The number of amides is 1. The van der Waals surface area contributed by atoms with Gasteiger partial charge in [0, 0.05) is 62.4 Å². The van der Waals surface area contributed by atoms with Crippen LogP contribution in [-0.2, 0) is 20.8 Å². The predicted molar refractivity (Wildman–Crippen MR) is 198 cm³/mol. The first-order chi connectivity index (χ1) is 23.4. The number of nitrogens with zero attached hydrogens (tertiary/aromatic N) is 2. The molecule has 7 heteroatoms. The summed E-state index contributed by atoms with van der Waals surface area (Å²) in [4.78, 5) is 18.7. The largest absolute Gasteiger partial charge is 0.491 e. The van der Waals surface area contributed by atoms with Gasteiger partial charge in [0.2, 0.25) is 0 Å². The van der Waals surface area contributed by atoms with E-state index in [1.54, 1.807) is 0 Å². The molecule has 5 rings (SSSR count). The maximum Gasteiger partial charge on any atom is 0.254 e. The standard InChI is InChI=1S/C41H55N3O4/c1-5-6-22-46-25-26-48-39-16-11-33(12-17-39)34-13-18-40-36(27-34)28-35(8-7-21-42-40)41(45)44(29-31(2)3)38-14-9-32(10-15-38)30-43(4)37-19-23-47-24-20-37/h9-18,27-28,31,37,42H,5-8,19-26,29-30H2,1-4H3. The summed E-state index contributed by atoms with van der Waals surface area (Å²) in [5.41, 5.74) is 7.38. The van der Waals surface area contributed by atoms with Gasteiger partial charge in [0.25, 0.3) is 5.91 Å². The molecule has 1 fully saturated rings. The molecule has 258 valence electrons. The van der Waals surface area contributed by atoms with Crippen molar-refractivity contribution < 1.29 is 19.0 Å². The van der Waals surface area contributed by atoms with E-state index in [0.717, 1.165) is 111 Å². The first-order valence-corrected chi connectivity index (χ1v) is 18.0. The zero-order chi connectivity index (χ0) is 33.7. The second kappa shape index (κ2) is 18.2. The number of carbonyl (C=O) groups is 1. The van der Waals surface area contributed by atoms with Gasteiger partial charge in [-0.05, 0) is 110 Å². The average molecular weight is 654 g/mol. The third kappa shape index (κ3) is 10.2. The summed E-state index contributed by atoms with van der Waals surface area (Å²) in [6.07, 6.45) is 8.11. The quantitative estimate of drug-likeness (QED) is 0.166. The lowest BCUT2D eigenvalue weighted by atomic mass is 9.97. The van der Waals surface area contributed by atoms with Crippen molar-refractivity contribution in [3.63, 3.8) is 0 Å². The highest BCUT2D eigenvalue weighted by Crippen LogP contribution is 2.31. The Morgan fingerprint density at radius 3 is 2.44 bits per heavy atom. The summed E-state index contributed by atoms with van der Waals surface area (Å²) in [6.45, 7) is 12.5. The predicted octanol–water partition coefficient (Wildman–Crippen LogP) is 8.44. The van der Waals surface area contributed by atoms with Crippen LogP contribution in [0.1, 0.15) is 70.4 Å². The van der Waals surface area contributed by atoms with E-state index in [2.05, 4.69) is 98.7 Å². The maximum absolute atomic E-state index is 14.3. The molecule has 0 atom stereocenters. The van der Waals surface area contributed by atoms with Crippen molar-refractivity contribution in [2.24, 2.45) is 5.92 Å². The Bertz CT molecular complexity index is 1460. The van der Waals surface area contributed by atoms with Crippen molar-refractivity contribution in [1.82, 2.24) is 4.90 Å². The molecule has 0 bridgehead atoms. The van der Waals surface area contributed by atoms with Gasteiger partial charge in [-0.15, -0.1) is 0 Å². The van der Waals surface area contributed by atoms with Crippen molar-refractivity contribution in [3.8, 4) is 16.9 Å². The first-order valence-electron chi connectivity index (χ1n) is 18.0. The number of hydrogen-bond acceptors (Lipinski definition) is 6. The fraction of sp³-hybridized carbons (Fsp3) is 0.488. The Kier molecular flexibility index (Phi) is 13.5. The highest BCUT2D eigenvalue weighted by atomic mass is 16.5. The van der Waals surface area contributed by atoms with Crippen LogP contribution in [0.25, 0.3) is 17.2 Å². The molecule has 3 aromatic rings. The first kappa shape index (κ1) is 35.7. The van der Waals surface area contributed by atoms with Gasteiger partial charge in [-0.2, -0.15) is 0 Å². The van der Waals surface area contributed by atoms with E-state index in [4.69, 9.17) is 14.2 Å². The molecule has 0 spiro atoms. The Morgan fingerprint density at radius 2 is 1.71 bits per heavy atom. The number of hydrogen-bond donors (Lipinski definition) is 1. The lowest BCUT2D eigenvalue weighted by Gasteiger charge is -2.31. The molecule has 0 unspecified atom stereocenters. The van der Waals surface area contributed by atoms with E-state index in [1.807, 2.05) is 17.0 Å². The molecule has 7 nitrogen and oxygen atoms in total. The van der Waals surface area contributed by atoms with Crippen LogP contribution in [0.15, 0.2) is 72.3 Å². The normalized spacial score (nSPS) is 15.3. The Morgan fingerprint density at radius 1 is 0.958 bits per heavy atom. The summed E-state index contributed by atoms with van der Waals surface area (Å²) >= 11 is 0. The van der Waals surface area contributed by atoms with Gasteiger partial charge >= 0.3 is 0 Å². The van der Waals surface area contributed by atoms with E-state index in [9.17, 15) is 4.79 Å². The Hall–Kier alpha value is -3.65. The van der Waals surface area contributed by atoms with Gasteiger partial charge in [-0.3, -0.25) is 9.69 Å². The van der Waals surface area contributed by atoms with Crippen LogP contribution in [0.2, 0.25) is 0 Å². The van der Waals surface area contributed by atoms with Gasteiger partial charge < -0.3 is 24.4 Å². The molecule has 48 heavy (non-hydrogen) atoms. The smallest absolute Gasteiger partial charge is 0.254 e. The van der Waals surface area contributed by atoms with Gasteiger partial charge in [0.15, 0.2) is 0 Å². The molecule has 0 aromatic heterocycles. The van der Waals surface area contributed by atoms with Crippen LogP contribution in [0.3, 0.4) is 0 Å². The van der Waals surface area contributed by atoms with Gasteiger partial charge in [0.1, 0.15) is 12.4 Å². The number of rotatable bonds is 15. The maximum atomic E-state index is 14.3. The monoisotopic (exact) mass is 653 g/mol. The minimum absolute atomic E-state index is 0.0919. The number of anilines is 2. The lowest BCUT2D eigenvalue weighted by molar-refractivity contribution is -0.115. The third-order valence-electron chi connectivity index (χ3n) is 9.21. The van der Waals surface area contributed by atoms with Crippen LogP contribution >= 0.6 is 0 Å². The van der Waals surface area contributed by atoms with E-state index >= 15 is 0 Å². The van der Waals surface area contributed by atoms with Gasteiger partial charge in [-0.1, -0.05) is 57.5 Å². The number of carbonyl (C=O) groups excluding carboxylic acids is 1. The number of fused-ring (bicyclic) bond motifs is 1. The summed E-state index contributed by atoms with van der Waals surface area (Å²) in [5.74, 6) is 1.26. The molecule has 2 aliphatic heterocycles. The highest BCUT2D eigenvalue weighted by molar-refractivity contribution is 6.09. The van der Waals surface area contributed by atoms with Crippen molar-refractivity contribution in [3.05, 3.63) is 83.4 Å². The van der Waals surface area contributed by atoms with Crippen LogP contribution in [0.5, 0.6) is 5.75 Å². The van der Waals surface area contributed by atoms with Crippen LogP contribution in [-0.4, -0.2) is 70.0 Å². The molecule has 0 saturated carbocycles. The SMILES string of the molecule is CCCCOCCOc1ccc(-c2ccc3c(c2)C=C(C(=O)N(CC(C)C)c2ccc(CN(C)C4CCOCC4)cc2)CCCN3)cc1. The zero-order valence-corrected chi connectivity index (χ0v) is 29.5. The van der Waals surface area contributed by atoms with Crippen molar-refractivity contribution >= 4 is 23.4 Å². The summed E-state index contributed by atoms with van der Waals surface area (Å²) in [7, 11) is 2.20. The molecule has 1 amide bonds. The minimum atomic E-state index is 0.0919. The minimum Gasteiger partial charge on any atom is -0.491 e. The van der Waals surface area contributed by atoms with Crippen LogP contribution in [0, 0.1) is 5.92 Å². The molecule has 2 heterocycles. The van der Waals surface area contributed by atoms with E-state index in [-0.39, 0.29) is 5.91 Å². The molecular weight excluding hydrogens is 598 g/mol. The fourth-order valence-corrected chi connectivity index (χ4v) is 6.43. The van der Waals surface area contributed by atoms with E-state index < -0.39 is 0 Å². The average Bonchev–Trinajstić information content (AvgIpc) is 3.09. The Labute approximate surface area is 288 Å². The van der Waals surface area contributed by atoms with E-state index in [1.165, 1.54) is 5.56 Å². The molecule has 3 aromatic carbocycles. The molecule has 1 saturated heterocycles. The third-order valence-corrected chi connectivity index (χ3v) is 9.21. The van der Waals surface area contributed by atoms with Crippen molar-refractivity contribution in [1.29, 1.82) is 0 Å². The van der Waals surface area contributed by atoms with Gasteiger partial charge in [0.05, 0.1) is 6.61 Å². The summed E-state index contributed by atoms with van der Waals surface area (Å²) in [6, 6.07) is 23.8. The lowest BCUT2D eigenvalue weighted by Crippen LogP contribution is -2.36. The second-order valence-electron chi connectivity index (χ2n) is 13.6. The molecule has 0 radical (unpaired) electrons. The molecule has 1 N–H and O–H groups in total. The summed E-state index contributed by atoms with van der Waals surface area (Å²) < 4.78 is 17.0. The van der Waals surface area contributed by atoms with Gasteiger partial charge in [-0.25, -0.2) is 0 Å².